The lowest BCUT2D eigenvalue weighted by molar-refractivity contribution is 0.413. The lowest BCUT2D eigenvalue weighted by Crippen LogP contribution is -2.05. The van der Waals surface area contributed by atoms with Gasteiger partial charge in [-0.3, -0.25) is 0 Å². The molecule has 2 heteroatoms. The van der Waals surface area contributed by atoms with Crippen molar-refractivity contribution in [3.8, 4) is 5.75 Å². The van der Waals surface area contributed by atoms with Crippen molar-refractivity contribution in [2.75, 3.05) is 7.11 Å². The summed E-state index contributed by atoms with van der Waals surface area (Å²) in [6, 6.07) is 27.8. The van der Waals surface area contributed by atoms with Crippen molar-refractivity contribution in [2.45, 2.75) is 21.6 Å². The number of hydrogen-bond acceptors (Lipinski definition) is 1. The summed E-state index contributed by atoms with van der Waals surface area (Å²) in [7, 11) is 1.61. The highest BCUT2D eigenvalue weighted by Crippen LogP contribution is 2.33. The van der Waals surface area contributed by atoms with E-state index in [1.807, 2.05) is 0 Å². The number of hydrogen-bond donors (Lipinski definition) is 0. The summed E-state index contributed by atoms with van der Waals surface area (Å²) in [5.41, 5.74) is 1.22. The fraction of sp³-hybridized carbons (Fsp3) is 0.100. The van der Waals surface area contributed by atoms with Crippen LogP contribution in [-0.2, 0) is 10.9 Å². The molecule has 22 heavy (non-hydrogen) atoms. The molecule has 0 fully saturated rings. The third-order valence-corrected chi connectivity index (χ3v) is 5.65. The molecule has 0 unspecified atom stereocenters. The van der Waals surface area contributed by atoms with Crippen LogP contribution in [0.4, 0.5) is 0 Å². The van der Waals surface area contributed by atoms with Crippen molar-refractivity contribution in [3.05, 3.63) is 84.4 Å². The first-order valence-electron chi connectivity index (χ1n) is 7.28. The average molecular weight is 307 g/mol. The van der Waals surface area contributed by atoms with E-state index in [-0.39, 0.29) is 10.9 Å². The van der Waals surface area contributed by atoms with Gasteiger partial charge in [0.1, 0.15) is 5.75 Å². The van der Waals surface area contributed by atoms with E-state index in [9.17, 15) is 0 Å². The molecular weight excluding hydrogens is 288 g/mol. The Morgan fingerprint density at radius 1 is 0.682 bits per heavy atom. The molecule has 0 aliphatic heterocycles. The second-order valence-corrected chi connectivity index (χ2v) is 7.14. The molecule has 0 spiro atoms. The molecule has 0 heterocycles. The Balaban J connectivity index is 2.16. The van der Waals surface area contributed by atoms with Gasteiger partial charge in [0.05, 0.1) is 18.0 Å². The van der Waals surface area contributed by atoms with E-state index in [0.717, 1.165) is 5.75 Å². The second kappa shape index (κ2) is 6.71. The lowest BCUT2D eigenvalue weighted by Gasteiger charge is -2.10. The van der Waals surface area contributed by atoms with Crippen LogP contribution < -0.4 is 4.74 Å². The average Bonchev–Trinajstić information content (AvgIpc) is 2.56. The van der Waals surface area contributed by atoms with Gasteiger partial charge in [0.25, 0.3) is 0 Å². The fourth-order valence-electron chi connectivity index (χ4n) is 2.47. The first-order chi connectivity index (χ1) is 10.8. The molecule has 110 valence electrons. The molecule has 3 rings (SSSR count). The maximum atomic E-state index is 5.46. The zero-order valence-electron chi connectivity index (χ0n) is 12.8. The van der Waals surface area contributed by atoms with Gasteiger partial charge < -0.3 is 4.74 Å². The maximum Gasteiger partial charge on any atom is 0.170 e. The van der Waals surface area contributed by atoms with Crippen LogP contribution in [0.1, 0.15) is 5.56 Å². The summed E-state index contributed by atoms with van der Waals surface area (Å²) in [4.78, 5) is 3.93. The summed E-state index contributed by atoms with van der Waals surface area (Å²) < 4.78 is 5.46. The summed E-state index contributed by atoms with van der Waals surface area (Å²) in [5, 5.41) is 0. The van der Waals surface area contributed by atoms with Gasteiger partial charge in [-0.2, -0.15) is 0 Å². The van der Waals surface area contributed by atoms with Crippen LogP contribution in [0.15, 0.2) is 93.5 Å². The predicted molar refractivity (Wildman–Crippen MR) is 92.8 cm³/mol. The van der Waals surface area contributed by atoms with E-state index < -0.39 is 0 Å². The Morgan fingerprint density at radius 2 is 1.23 bits per heavy atom. The highest BCUT2D eigenvalue weighted by molar-refractivity contribution is 7.97. The van der Waals surface area contributed by atoms with Crippen LogP contribution in [0.2, 0.25) is 0 Å². The minimum atomic E-state index is -0.117. The van der Waals surface area contributed by atoms with Gasteiger partial charge in [-0.1, -0.05) is 36.4 Å². The second-order valence-electron chi connectivity index (χ2n) is 5.12. The molecule has 0 saturated carbocycles. The molecule has 3 aromatic carbocycles. The monoisotopic (exact) mass is 307 g/mol. The van der Waals surface area contributed by atoms with Crippen molar-refractivity contribution >= 4 is 10.9 Å². The highest BCUT2D eigenvalue weighted by atomic mass is 32.2. The van der Waals surface area contributed by atoms with Gasteiger partial charge in [0.2, 0.25) is 0 Å². The van der Waals surface area contributed by atoms with Crippen LogP contribution in [0.5, 0.6) is 5.75 Å². The number of methoxy groups -OCH3 is 1. The molecule has 0 aromatic heterocycles. The Morgan fingerprint density at radius 3 is 1.73 bits per heavy atom. The fourth-order valence-corrected chi connectivity index (χ4v) is 4.68. The van der Waals surface area contributed by atoms with E-state index in [1.54, 1.807) is 7.11 Å². The van der Waals surface area contributed by atoms with Crippen molar-refractivity contribution in [1.29, 1.82) is 0 Å². The lowest BCUT2D eigenvalue weighted by atomic mass is 10.2. The topological polar surface area (TPSA) is 9.23 Å². The number of rotatable bonds is 4. The Kier molecular flexibility index (Phi) is 4.50. The van der Waals surface area contributed by atoms with Gasteiger partial charge >= 0.3 is 0 Å². The van der Waals surface area contributed by atoms with Gasteiger partial charge in [0.15, 0.2) is 14.7 Å². The summed E-state index contributed by atoms with van der Waals surface area (Å²) in [6.45, 7) is 2.11. The van der Waals surface area contributed by atoms with Crippen LogP contribution in [0.3, 0.4) is 0 Å². The zero-order chi connectivity index (χ0) is 15.4. The molecule has 0 bridgehead atoms. The summed E-state index contributed by atoms with van der Waals surface area (Å²) >= 11 is 0. The quantitative estimate of drug-likeness (QED) is 0.609. The number of ether oxygens (including phenoxy) is 1. The van der Waals surface area contributed by atoms with E-state index in [0.29, 0.717) is 0 Å². The molecule has 3 aromatic rings. The number of aryl methyl sites for hydroxylation is 1. The Bertz CT molecular complexity index is 699. The van der Waals surface area contributed by atoms with Crippen LogP contribution >= 0.6 is 0 Å². The molecule has 0 N–H and O–H groups in total. The van der Waals surface area contributed by atoms with Gasteiger partial charge in [-0.05, 0) is 48.9 Å². The van der Waals surface area contributed by atoms with Crippen molar-refractivity contribution in [1.82, 2.24) is 0 Å². The van der Waals surface area contributed by atoms with Gasteiger partial charge in [-0.25, -0.2) is 0 Å². The SMILES string of the molecule is COc1cc(C)cc([S+](c2ccccc2)c2ccccc2)c1. The van der Waals surface area contributed by atoms with Gasteiger partial charge in [-0.15, -0.1) is 0 Å². The zero-order valence-corrected chi connectivity index (χ0v) is 13.6. The van der Waals surface area contributed by atoms with Crippen molar-refractivity contribution < 1.29 is 4.74 Å². The minimum absolute atomic E-state index is 0.117. The standard InChI is InChI=1S/C20H19OS/c1-16-13-17(21-2)15-20(14-16)22(18-9-5-3-6-10-18)19-11-7-4-8-12-19/h3-15H,1-2H3/q+1. The summed E-state index contributed by atoms with van der Waals surface area (Å²) in [5.74, 6) is 0.916. The van der Waals surface area contributed by atoms with E-state index in [1.165, 1.54) is 20.2 Å². The van der Waals surface area contributed by atoms with Crippen molar-refractivity contribution in [3.63, 3.8) is 0 Å². The van der Waals surface area contributed by atoms with Gasteiger partial charge in [0, 0.05) is 6.07 Å². The smallest absolute Gasteiger partial charge is 0.170 e. The highest BCUT2D eigenvalue weighted by Gasteiger charge is 2.28. The molecule has 0 saturated heterocycles. The van der Waals surface area contributed by atoms with E-state index >= 15 is 0 Å². The molecule has 0 atom stereocenters. The number of benzene rings is 3. The van der Waals surface area contributed by atoms with Crippen molar-refractivity contribution in [2.24, 2.45) is 0 Å². The van der Waals surface area contributed by atoms with E-state index in [2.05, 4.69) is 85.8 Å². The molecule has 0 radical (unpaired) electrons. The largest absolute Gasteiger partial charge is 0.497 e. The third-order valence-electron chi connectivity index (χ3n) is 3.45. The molecule has 0 amide bonds. The minimum Gasteiger partial charge on any atom is -0.497 e. The molecule has 1 nitrogen and oxygen atoms in total. The summed E-state index contributed by atoms with van der Waals surface area (Å²) in [6.07, 6.45) is 0. The third kappa shape index (κ3) is 3.18. The molecule has 0 aliphatic carbocycles. The van der Waals surface area contributed by atoms with Crippen LogP contribution in [0.25, 0.3) is 0 Å². The predicted octanol–water partition coefficient (Wildman–Crippen LogP) is 5.10. The molecular formula is C20H19OS+. The first-order valence-corrected chi connectivity index (χ1v) is 8.50. The first kappa shape index (κ1) is 14.7. The molecule has 0 aliphatic rings. The van der Waals surface area contributed by atoms with Crippen LogP contribution in [-0.4, -0.2) is 7.11 Å². The Hall–Kier alpha value is -2.19. The maximum absolute atomic E-state index is 5.46. The Labute approximate surface area is 134 Å². The van der Waals surface area contributed by atoms with E-state index in [4.69, 9.17) is 4.74 Å². The normalized spacial score (nSPS) is 10.7. The van der Waals surface area contributed by atoms with Crippen LogP contribution in [0, 0.1) is 6.92 Å².